The van der Waals surface area contributed by atoms with E-state index in [1.54, 1.807) is 0 Å². The summed E-state index contributed by atoms with van der Waals surface area (Å²) < 4.78 is 9.19. The van der Waals surface area contributed by atoms with Crippen LogP contribution in [0.3, 0.4) is 0 Å². The van der Waals surface area contributed by atoms with Gasteiger partial charge in [0, 0.05) is 6.66 Å². The van der Waals surface area contributed by atoms with Crippen LogP contribution in [0.25, 0.3) is 0 Å². The summed E-state index contributed by atoms with van der Waals surface area (Å²) >= 11 is 0. The average molecular weight is 116 g/mol. The first-order valence-electron chi connectivity index (χ1n) is 0.928. The molecule has 2 nitrogen and oxygen atoms in total. The summed E-state index contributed by atoms with van der Waals surface area (Å²) in [6, 6.07) is 0. The van der Waals surface area contributed by atoms with Crippen LogP contribution in [0.2, 0.25) is 0 Å². The maximum Gasteiger partial charge on any atom is 0.186 e. The SMILES string of the molecule is C[PH](=O)O.Cl. The maximum atomic E-state index is 9.19. The molecule has 0 aliphatic carbocycles. The molecule has 0 spiro atoms. The molecule has 1 unspecified atom stereocenters. The highest BCUT2D eigenvalue weighted by Gasteiger charge is 1.60. The molecule has 34 valence electrons. The molecular formula is CH6ClO2P. The molecule has 0 aromatic heterocycles. The van der Waals surface area contributed by atoms with Crippen LogP contribution in [0.15, 0.2) is 0 Å². The Morgan fingerprint density at radius 1 is 1.80 bits per heavy atom. The van der Waals surface area contributed by atoms with Gasteiger partial charge in [-0.15, -0.1) is 12.4 Å². The van der Waals surface area contributed by atoms with Gasteiger partial charge in [-0.05, 0) is 0 Å². The van der Waals surface area contributed by atoms with Crippen molar-refractivity contribution in [3.05, 3.63) is 0 Å². The minimum absolute atomic E-state index is 0. The van der Waals surface area contributed by atoms with Crippen molar-refractivity contribution >= 4 is 20.4 Å². The Kier molecular flexibility index (Phi) is 8.14. The third-order valence-corrected chi connectivity index (χ3v) is 0. The smallest absolute Gasteiger partial charge is 0.186 e. The second kappa shape index (κ2) is 4.48. The highest BCUT2D eigenvalue weighted by molar-refractivity contribution is 7.36. The zero-order chi connectivity index (χ0) is 3.58. The molecule has 0 aliphatic heterocycles. The Hall–Kier alpha value is 0.480. The van der Waals surface area contributed by atoms with Crippen molar-refractivity contribution in [3.63, 3.8) is 0 Å². The van der Waals surface area contributed by atoms with Crippen molar-refractivity contribution in [2.75, 3.05) is 6.66 Å². The van der Waals surface area contributed by atoms with E-state index in [-0.39, 0.29) is 12.4 Å². The summed E-state index contributed by atoms with van der Waals surface area (Å²) in [5.41, 5.74) is 0. The van der Waals surface area contributed by atoms with E-state index in [1.165, 1.54) is 6.66 Å². The second-order valence-electron chi connectivity index (χ2n) is 0.519. The summed E-state index contributed by atoms with van der Waals surface area (Å²) in [6.07, 6.45) is 0. The molecule has 4 heteroatoms. The molecule has 0 bridgehead atoms. The zero-order valence-electron chi connectivity index (χ0n) is 2.76. The van der Waals surface area contributed by atoms with Gasteiger partial charge in [0.2, 0.25) is 0 Å². The molecule has 0 amide bonds. The van der Waals surface area contributed by atoms with Crippen LogP contribution >= 0.6 is 20.4 Å². The van der Waals surface area contributed by atoms with Gasteiger partial charge in [0.15, 0.2) is 8.03 Å². The van der Waals surface area contributed by atoms with Crippen LogP contribution in [-0.2, 0) is 4.57 Å². The van der Waals surface area contributed by atoms with Gasteiger partial charge in [-0.1, -0.05) is 0 Å². The monoisotopic (exact) mass is 116 g/mol. The third kappa shape index (κ3) is 120. The molecule has 0 aromatic rings. The fourth-order valence-corrected chi connectivity index (χ4v) is 0. The van der Waals surface area contributed by atoms with Gasteiger partial charge >= 0.3 is 0 Å². The minimum Gasteiger partial charge on any atom is -0.346 e. The number of halogens is 1. The van der Waals surface area contributed by atoms with Gasteiger partial charge in [0.05, 0.1) is 0 Å². The molecular weight excluding hydrogens is 110 g/mol. The van der Waals surface area contributed by atoms with E-state index >= 15 is 0 Å². The number of rotatable bonds is 0. The normalized spacial score (nSPS) is 12.4. The lowest BCUT2D eigenvalue weighted by Gasteiger charge is -1.61. The lowest BCUT2D eigenvalue weighted by atomic mass is 12.0. The van der Waals surface area contributed by atoms with Gasteiger partial charge < -0.3 is 4.89 Å². The molecule has 0 fully saturated rings. The zero-order valence-corrected chi connectivity index (χ0v) is 4.58. The third-order valence-electron chi connectivity index (χ3n) is 0. The van der Waals surface area contributed by atoms with E-state index in [4.69, 9.17) is 4.89 Å². The molecule has 0 saturated carbocycles. The lowest BCUT2D eigenvalue weighted by Crippen LogP contribution is -1.35. The van der Waals surface area contributed by atoms with E-state index < -0.39 is 8.03 Å². The molecule has 0 saturated heterocycles. The standard InChI is InChI=1S/CH5O2P.ClH/c1-4(2)3;/h4H,1H3,(H,2,3);1H. The Morgan fingerprint density at radius 3 is 1.80 bits per heavy atom. The molecule has 0 rings (SSSR count). The van der Waals surface area contributed by atoms with Crippen molar-refractivity contribution in [2.24, 2.45) is 0 Å². The minimum atomic E-state index is -2.13. The fraction of sp³-hybridized carbons (Fsp3) is 1.00. The Labute approximate surface area is 37.5 Å². The summed E-state index contributed by atoms with van der Waals surface area (Å²) in [7, 11) is -2.13. The van der Waals surface area contributed by atoms with Gasteiger partial charge in [0.25, 0.3) is 0 Å². The Bertz CT molecular complexity index is 32.6. The molecule has 0 radical (unpaired) electrons. The quantitative estimate of drug-likeness (QED) is 0.468. The van der Waals surface area contributed by atoms with Crippen LogP contribution in [0.4, 0.5) is 0 Å². The van der Waals surface area contributed by atoms with E-state index in [2.05, 4.69) is 0 Å². The van der Waals surface area contributed by atoms with Crippen molar-refractivity contribution in [2.45, 2.75) is 0 Å². The maximum absolute atomic E-state index is 9.19. The van der Waals surface area contributed by atoms with E-state index in [1.807, 2.05) is 0 Å². The molecule has 1 N–H and O–H groups in total. The van der Waals surface area contributed by atoms with Crippen molar-refractivity contribution in [1.29, 1.82) is 0 Å². The predicted octanol–water partition coefficient (Wildman–Crippen LogP) is 0.505. The van der Waals surface area contributed by atoms with Crippen LogP contribution in [-0.4, -0.2) is 11.6 Å². The highest BCUT2D eigenvalue weighted by Crippen LogP contribution is 1.99. The topological polar surface area (TPSA) is 37.3 Å². The van der Waals surface area contributed by atoms with Crippen LogP contribution in [0.1, 0.15) is 0 Å². The first-order valence-corrected chi connectivity index (χ1v) is 2.78. The summed E-state index contributed by atoms with van der Waals surface area (Å²) in [4.78, 5) is 7.60. The summed E-state index contributed by atoms with van der Waals surface area (Å²) in [5.74, 6) is 0. The summed E-state index contributed by atoms with van der Waals surface area (Å²) in [6.45, 7) is 1.27. The van der Waals surface area contributed by atoms with Gasteiger partial charge in [-0.2, -0.15) is 0 Å². The fourth-order valence-electron chi connectivity index (χ4n) is 0. The Balaban J connectivity index is 0. The lowest BCUT2D eigenvalue weighted by molar-refractivity contribution is 0.509. The highest BCUT2D eigenvalue weighted by atomic mass is 35.5. The molecule has 1 atom stereocenters. The van der Waals surface area contributed by atoms with Crippen molar-refractivity contribution < 1.29 is 9.46 Å². The van der Waals surface area contributed by atoms with Gasteiger partial charge in [0.1, 0.15) is 0 Å². The first-order chi connectivity index (χ1) is 1.73. The number of hydrogen-bond acceptors (Lipinski definition) is 1. The largest absolute Gasteiger partial charge is 0.346 e. The van der Waals surface area contributed by atoms with E-state index in [0.29, 0.717) is 0 Å². The van der Waals surface area contributed by atoms with Gasteiger partial charge in [-0.3, -0.25) is 4.57 Å². The van der Waals surface area contributed by atoms with Crippen molar-refractivity contribution in [1.82, 2.24) is 0 Å². The Morgan fingerprint density at radius 2 is 1.80 bits per heavy atom. The molecule has 0 heterocycles. The van der Waals surface area contributed by atoms with Crippen LogP contribution in [0, 0.1) is 0 Å². The predicted molar refractivity (Wildman–Crippen MR) is 24.4 cm³/mol. The average Bonchev–Trinajstić information content (AvgIpc) is 0.811. The molecule has 0 aromatic carbocycles. The number of hydrogen-bond donors (Lipinski definition) is 1. The molecule has 5 heavy (non-hydrogen) atoms. The molecule has 0 aliphatic rings. The van der Waals surface area contributed by atoms with E-state index in [9.17, 15) is 4.57 Å². The second-order valence-corrected chi connectivity index (χ2v) is 1.56. The first kappa shape index (κ1) is 9.08. The van der Waals surface area contributed by atoms with Gasteiger partial charge in [-0.25, -0.2) is 0 Å². The summed E-state index contributed by atoms with van der Waals surface area (Å²) in [5, 5.41) is 0. The van der Waals surface area contributed by atoms with Crippen molar-refractivity contribution in [3.8, 4) is 0 Å². The van der Waals surface area contributed by atoms with Crippen LogP contribution in [0.5, 0.6) is 0 Å². The van der Waals surface area contributed by atoms with Crippen LogP contribution < -0.4 is 0 Å². The van der Waals surface area contributed by atoms with E-state index in [0.717, 1.165) is 0 Å².